The van der Waals surface area contributed by atoms with Gasteiger partial charge >= 0.3 is 0 Å². The lowest BCUT2D eigenvalue weighted by atomic mass is 10.2. The fourth-order valence-corrected chi connectivity index (χ4v) is 3.41. The van der Waals surface area contributed by atoms with Crippen molar-refractivity contribution in [1.29, 1.82) is 0 Å². The Balaban J connectivity index is 2.41. The standard InChI is InChI=1S/C24H29Cl2N3O6/c1-6-32-16-10-11-19(22(12-16)35-9-4)29(26)24(31)23(15(5)30)28-27-18-14-20(33-7-2)17(25)13-21(18)34-8-3/h10-14,23H,6-9H2,1-5H3. The van der Waals surface area contributed by atoms with Crippen LogP contribution in [0.4, 0.5) is 11.4 Å². The molecule has 0 aliphatic rings. The average Bonchev–Trinajstić information content (AvgIpc) is 2.82. The number of ether oxygens (including phenoxy) is 4. The number of nitrogens with zero attached hydrogens (tertiary/aromatic N) is 3. The van der Waals surface area contributed by atoms with Gasteiger partial charge in [0.05, 0.1) is 31.5 Å². The van der Waals surface area contributed by atoms with Crippen LogP contribution in [0.25, 0.3) is 0 Å². The van der Waals surface area contributed by atoms with Crippen LogP contribution >= 0.6 is 23.4 Å². The average molecular weight is 526 g/mol. The minimum atomic E-state index is -1.51. The van der Waals surface area contributed by atoms with Gasteiger partial charge in [0.2, 0.25) is 6.04 Å². The third-order valence-electron chi connectivity index (χ3n) is 4.46. The van der Waals surface area contributed by atoms with Crippen LogP contribution in [0.3, 0.4) is 0 Å². The van der Waals surface area contributed by atoms with E-state index < -0.39 is 17.7 Å². The van der Waals surface area contributed by atoms with Gasteiger partial charge in [-0.25, -0.2) is 4.42 Å². The van der Waals surface area contributed by atoms with Crippen LogP contribution < -0.4 is 23.4 Å². The van der Waals surface area contributed by atoms with Crippen LogP contribution in [0.5, 0.6) is 23.0 Å². The number of azo groups is 1. The normalized spacial score (nSPS) is 11.7. The topological polar surface area (TPSA) is 99.0 Å². The van der Waals surface area contributed by atoms with Gasteiger partial charge in [0.25, 0.3) is 5.91 Å². The van der Waals surface area contributed by atoms with E-state index in [-0.39, 0.29) is 11.4 Å². The smallest absolute Gasteiger partial charge is 0.276 e. The Kier molecular flexibility index (Phi) is 11.1. The summed E-state index contributed by atoms with van der Waals surface area (Å²) in [5.74, 6) is 0.213. The fourth-order valence-electron chi connectivity index (χ4n) is 2.97. The molecule has 0 bridgehead atoms. The van der Waals surface area contributed by atoms with E-state index >= 15 is 0 Å². The van der Waals surface area contributed by atoms with Gasteiger partial charge < -0.3 is 18.9 Å². The highest BCUT2D eigenvalue weighted by Crippen LogP contribution is 2.39. The van der Waals surface area contributed by atoms with Crippen LogP contribution in [0.1, 0.15) is 34.6 Å². The molecule has 1 atom stereocenters. The summed E-state index contributed by atoms with van der Waals surface area (Å²) in [7, 11) is 0. The number of hydrogen-bond donors (Lipinski definition) is 0. The first-order valence-corrected chi connectivity index (χ1v) is 11.9. The van der Waals surface area contributed by atoms with E-state index in [1.165, 1.54) is 19.1 Å². The summed E-state index contributed by atoms with van der Waals surface area (Å²) in [6.45, 7) is 9.99. The van der Waals surface area contributed by atoms with Crippen molar-refractivity contribution in [3.63, 3.8) is 0 Å². The number of Topliss-reactive ketones (excluding diaryl/α,β-unsaturated/α-hetero) is 1. The summed E-state index contributed by atoms with van der Waals surface area (Å²) in [5, 5.41) is 8.43. The second-order valence-electron chi connectivity index (χ2n) is 6.96. The van der Waals surface area contributed by atoms with Crippen molar-refractivity contribution >= 4 is 46.4 Å². The first kappa shape index (κ1) is 28.2. The highest BCUT2D eigenvalue weighted by Gasteiger charge is 2.30. The van der Waals surface area contributed by atoms with Crippen molar-refractivity contribution in [2.75, 3.05) is 30.8 Å². The molecule has 0 radical (unpaired) electrons. The predicted molar refractivity (Wildman–Crippen MR) is 135 cm³/mol. The Morgan fingerprint density at radius 2 is 1.49 bits per heavy atom. The summed E-state index contributed by atoms with van der Waals surface area (Å²) in [5.41, 5.74) is 0.486. The number of ketones is 1. The Bertz CT molecular complexity index is 1060. The molecule has 0 aliphatic heterocycles. The molecule has 35 heavy (non-hydrogen) atoms. The maximum absolute atomic E-state index is 13.2. The summed E-state index contributed by atoms with van der Waals surface area (Å²) >= 11 is 12.6. The minimum absolute atomic E-state index is 0.239. The number of hydrogen-bond acceptors (Lipinski definition) is 8. The molecule has 0 aliphatic carbocycles. The van der Waals surface area contributed by atoms with Crippen molar-refractivity contribution < 1.29 is 28.5 Å². The third-order valence-corrected chi connectivity index (χ3v) is 5.10. The lowest BCUT2D eigenvalue weighted by Gasteiger charge is -2.20. The van der Waals surface area contributed by atoms with Crippen LogP contribution in [0.15, 0.2) is 40.6 Å². The first-order chi connectivity index (χ1) is 16.8. The number of anilines is 1. The van der Waals surface area contributed by atoms with Gasteiger partial charge in [-0.1, -0.05) is 11.6 Å². The number of carbonyl (C=O) groups excluding carboxylic acids is 2. The quantitative estimate of drug-likeness (QED) is 0.176. The van der Waals surface area contributed by atoms with Gasteiger partial charge in [-0.3, -0.25) is 9.59 Å². The molecule has 0 saturated heterocycles. The van der Waals surface area contributed by atoms with Crippen molar-refractivity contribution in [2.45, 2.75) is 40.7 Å². The van der Waals surface area contributed by atoms with Gasteiger partial charge in [-0.05, 0) is 46.8 Å². The molecule has 0 heterocycles. The third kappa shape index (κ3) is 7.47. The maximum Gasteiger partial charge on any atom is 0.276 e. The zero-order valence-electron chi connectivity index (χ0n) is 20.3. The van der Waals surface area contributed by atoms with Crippen molar-refractivity contribution in [3.05, 3.63) is 35.4 Å². The van der Waals surface area contributed by atoms with E-state index in [1.807, 2.05) is 13.8 Å². The van der Waals surface area contributed by atoms with Gasteiger partial charge in [0, 0.05) is 30.0 Å². The molecule has 9 nitrogen and oxygen atoms in total. The van der Waals surface area contributed by atoms with E-state index in [9.17, 15) is 9.59 Å². The summed E-state index contributed by atoms with van der Waals surface area (Å²) < 4.78 is 23.0. The number of halogens is 2. The molecule has 1 amide bonds. The predicted octanol–water partition coefficient (Wildman–Crippen LogP) is 6.16. The molecule has 0 fully saturated rings. The largest absolute Gasteiger partial charge is 0.494 e. The molecule has 11 heteroatoms. The number of carbonyl (C=O) groups is 2. The van der Waals surface area contributed by atoms with Crippen molar-refractivity contribution in [1.82, 2.24) is 0 Å². The zero-order chi connectivity index (χ0) is 26.0. The molecule has 2 rings (SSSR count). The highest BCUT2D eigenvalue weighted by atomic mass is 35.5. The van der Waals surface area contributed by atoms with E-state index in [0.717, 1.165) is 4.42 Å². The number of rotatable bonds is 13. The molecule has 0 saturated carbocycles. The molecular weight excluding hydrogens is 497 g/mol. The highest BCUT2D eigenvalue weighted by molar-refractivity contribution is 6.39. The lowest BCUT2D eigenvalue weighted by molar-refractivity contribution is -0.126. The van der Waals surface area contributed by atoms with E-state index in [1.54, 1.807) is 32.0 Å². The SMILES string of the molecule is CCOc1ccc(N(Cl)C(=O)C(N=Nc2cc(OCC)c(Cl)cc2OCC)C(C)=O)c(OCC)c1. The molecule has 1 unspecified atom stereocenters. The Morgan fingerprint density at radius 1 is 0.886 bits per heavy atom. The second kappa shape index (κ2) is 13.7. The van der Waals surface area contributed by atoms with Gasteiger partial charge in [-0.15, -0.1) is 0 Å². The molecular formula is C24H29Cl2N3O6. The van der Waals surface area contributed by atoms with E-state index in [4.69, 9.17) is 42.3 Å². The summed E-state index contributed by atoms with van der Waals surface area (Å²) in [6.07, 6.45) is 0. The lowest BCUT2D eigenvalue weighted by Crippen LogP contribution is -2.36. The second-order valence-corrected chi connectivity index (χ2v) is 7.70. The monoisotopic (exact) mass is 525 g/mol. The van der Waals surface area contributed by atoms with Gasteiger partial charge in [0.15, 0.2) is 5.78 Å². The van der Waals surface area contributed by atoms with Crippen LogP contribution in [-0.2, 0) is 9.59 Å². The number of amides is 1. The molecule has 2 aromatic rings. The van der Waals surface area contributed by atoms with Crippen LogP contribution in [0, 0.1) is 0 Å². The molecule has 190 valence electrons. The fraction of sp³-hybridized carbons (Fsp3) is 0.417. The summed E-state index contributed by atoms with van der Waals surface area (Å²) in [6, 6.07) is 6.39. The minimum Gasteiger partial charge on any atom is -0.494 e. The molecule has 0 N–H and O–H groups in total. The van der Waals surface area contributed by atoms with Gasteiger partial charge in [-0.2, -0.15) is 10.2 Å². The number of benzene rings is 2. The Hall–Kier alpha value is -3.04. The summed E-state index contributed by atoms with van der Waals surface area (Å²) in [4.78, 5) is 25.5. The van der Waals surface area contributed by atoms with E-state index in [2.05, 4.69) is 10.2 Å². The molecule has 2 aromatic carbocycles. The molecule has 0 aromatic heterocycles. The van der Waals surface area contributed by atoms with Crippen molar-refractivity contribution in [3.8, 4) is 23.0 Å². The van der Waals surface area contributed by atoms with E-state index in [0.29, 0.717) is 54.4 Å². The van der Waals surface area contributed by atoms with Crippen LogP contribution in [-0.4, -0.2) is 44.2 Å². The van der Waals surface area contributed by atoms with Crippen LogP contribution in [0.2, 0.25) is 5.02 Å². The molecule has 0 spiro atoms. The maximum atomic E-state index is 13.2. The Labute approximate surface area is 215 Å². The first-order valence-electron chi connectivity index (χ1n) is 11.2. The van der Waals surface area contributed by atoms with Gasteiger partial charge in [0.1, 0.15) is 34.4 Å². The zero-order valence-corrected chi connectivity index (χ0v) is 21.9. The van der Waals surface area contributed by atoms with Crippen molar-refractivity contribution in [2.24, 2.45) is 10.2 Å². The Morgan fingerprint density at radius 3 is 2.09 bits per heavy atom.